The van der Waals surface area contributed by atoms with Crippen molar-refractivity contribution < 1.29 is 9.53 Å². The molecule has 1 saturated heterocycles. The number of hydrogen-bond donors (Lipinski definition) is 2. The predicted molar refractivity (Wildman–Crippen MR) is 96.6 cm³/mol. The van der Waals surface area contributed by atoms with Gasteiger partial charge in [0.05, 0.1) is 17.6 Å². The number of methoxy groups -OCH3 is 1. The number of aromatic nitrogens is 2. The topological polar surface area (TPSA) is 77.3 Å². The van der Waals surface area contributed by atoms with Gasteiger partial charge < -0.3 is 15.4 Å². The van der Waals surface area contributed by atoms with Crippen LogP contribution in [0.25, 0.3) is 11.0 Å². The molecular weight excluding hydrogens is 320 g/mol. The number of nitrogens with zero attached hydrogens (tertiary/aromatic N) is 2. The van der Waals surface area contributed by atoms with Crippen molar-refractivity contribution in [3.05, 3.63) is 34.7 Å². The molecule has 3 rings (SSSR count). The van der Waals surface area contributed by atoms with Crippen molar-refractivity contribution in [3.8, 4) is 0 Å². The molecule has 1 aliphatic heterocycles. The van der Waals surface area contributed by atoms with Crippen molar-refractivity contribution in [3.63, 3.8) is 0 Å². The van der Waals surface area contributed by atoms with Crippen LogP contribution in [0.5, 0.6) is 0 Å². The summed E-state index contributed by atoms with van der Waals surface area (Å²) in [5, 5.41) is 6.35. The number of amides is 1. The third-order valence-electron chi connectivity index (χ3n) is 5.13. The van der Waals surface area contributed by atoms with Gasteiger partial charge in [-0.3, -0.25) is 13.9 Å². The third-order valence-corrected chi connectivity index (χ3v) is 5.13. The van der Waals surface area contributed by atoms with E-state index in [9.17, 15) is 9.59 Å². The maximum atomic E-state index is 12.5. The van der Waals surface area contributed by atoms with Gasteiger partial charge in [0.1, 0.15) is 6.54 Å². The van der Waals surface area contributed by atoms with Crippen molar-refractivity contribution in [1.29, 1.82) is 0 Å². The number of fused-ring (bicyclic) bond motifs is 1. The van der Waals surface area contributed by atoms with E-state index in [1.54, 1.807) is 18.7 Å². The molecule has 1 aliphatic rings. The molecule has 7 nitrogen and oxygen atoms in total. The average Bonchev–Trinajstić information content (AvgIpc) is 2.87. The van der Waals surface area contributed by atoms with Crippen LogP contribution in [0.1, 0.15) is 12.8 Å². The van der Waals surface area contributed by atoms with Gasteiger partial charge in [-0.15, -0.1) is 0 Å². The highest BCUT2D eigenvalue weighted by atomic mass is 16.5. The van der Waals surface area contributed by atoms with Crippen LogP contribution >= 0.6 is 0 Å². The van der Waals surface area contributed by atoms with E-state index in [-0.39, 0.29) is 23.6 Å². The van der Waals surface area contributed by atoms with E-state index < -0.39 is 0 Å². The molecule has 0 unspecified atom stereocenters. The van der Waals surface area contributed by atoms with Gasteiger partial charge in [0.15, 0.2) is 0 Å². The largest absolute Gasteiger partial charge is 0.384 e. The Balaban J connectivity index is 1.71. The maximum absolute atomic E-state index is 12.5. The smallest absolute Gasteiger partial charge is 0.329 e. The third kappa shape index (κ3) is 3.62. The number of nitrogens with one attached hydrogen (secondary N) is 2. The first-order chi connectivity index (χ1) is 12.1. The van der Waals surface area contributed by atoms with Crippen LogP contribution in [0.3, 0.4) is 0 Å². The number of imidazole rings is 1. The molecule has 1 amide bonds. The molecule has 0 bridgehead atoms. The van der Waals surface area contributed by atoms with Crippen molar-refractivity contribution >= 4 is 16.9 Å². The quantitative estimate of drug-likeness (QED) is 0.797. The molecule has 136 valence electrons. The Hall–Kier alpha value is -2.12. The van der Waals surface area contributed by atoms with Crippen LogP contribution in [-0.2, 0) is 23.1 Å². The lowest BCUT2D eigenvalue weighted by Gasteiger charge is -2.37. The minimum Gasteiger partial charge on any atom is -0.384 e. The van der Waals surface area contributed by atoms with E-state index in [2.05, 4.69) is 10.6 Å². The van der Waals surface area contributed by atoms with E-state index in [1.165, 1.54) is 4.57 Å². The molecule has 1 fully saturated rings. The molecule has 0 aliphatic carbocycles. The fourth-order valence-corrected chi connectivity index (χ4v) is 3.64. The Bertz CT molecular complexity index is 797. The van der Waals surface area contributed by atoms with Gasteiger partial charge in [-0.05, 0) is 38.1 Å². The lowest BCUT2D eigenvalue weighted by Crippen LogP contribution is -2.48. The molecule has 0 saturated carbocycles. The number of carbonyl (C=O) groups excluding carboxylic acids is 1. The molecule has 25 heavy (non-hydrogen) atoms. The maximum Gasteiger partial charge on any atom is 0.329 e. The Morgan fingerprint density at radius 3 is 2.64 bits per heavy atom. The van der Waals surface area contributed by atoms with E-state index >= 15 is 0 Å². The molecule has 0 spiro atoms. The standard InChI is InChI=1S/C18H26N4O3/c1-21-14-5-3-4-6-15(14)22(17(21)24)11-16(23)20-12-18(13-25-2)7-9-19-10-8-18/h3-6,19H,7-13H2,1-2H3,(H,20,23). The van der Waals surface area contributed by atoms with Crippen LogP contribution in [0, 0.1) is 5.41 Å². The van der Waals surface area contributed by atoms with Crippen molar-refractivity contribution in [2.24, 2.45) is 12.5 Å². The number of aryl methyl sites for hydroxylation is 1. The number of carbonyl (C=O) groups is 1. The summed E-state index contributed by atoms with van der Waals surface area (Å²) in [6.45, 7) is 3.09. The van der Waals surface area contributed by atoms with Gasteiger partial charge in [-0.2, -0.15) is 0 Å². The van der Waals surface area contributed by atoms with E-state index in [0.717, 1.165) is 37.0 Å². The Morgan fingerprint density at radius 1 is 1.28 bits per heavy atom. The zero-order chi connectivity index (χ0) is 17.9. The highest BCUT2D eigenvalue weighted by molar-refractivity contribution is 5.80. The second kappa shape index (κ2) is 7.41. The lowest BCUT2D eigenvalue weighted by molar-refractivity contribution is -0.122. The molecule has 1 aromatic heterocycles. The summed E-state index contributed by atoms with van der Waals surface area (Å²) in [7, 11) is 3.42. The van der Waals surface area contributed by atoms with Crippen LogP contribution in [-0.4, -0.2) is 48.4 Å². The van der Waals surface area contributed by atoms with Crippen LogP contribution < -0.4 is 16.3 Å². The summed E-state index contributed by atoms with van der Waals surface area (Å²) in [6.07, 6.45) is 1.94. The minimum atomic E-state index is -0.176. The number of ether oxygens (including phenoxy) is 1. The lowest BCUT2D eigenvalue weighted by atomic mass is 9.79. The molecule has 1 aromatic carbocycles. The number of piperidine rings is 1. The minimum absolute atomic E-state index is 0.0284. The summed E-state index contributed by atoms with van der Waals surface area (Å²) in [5.41, 5.74) is 1.40. The second-order valence-corrected chi connectivity index (χ2v) is 6.88. The summed E-state index contributed by atoms with van der Waals surface area (Å²) in [4.78, 5) is 24.9. The molecule has 2 heterocycles. The van der Waals surface area contributed by atoms with Gasteiger partial charge in [0.25, 0.3) is 0 Å². The molecule has 0 radical (unpaired) electrons. The van der Waals surface area contributed by atoms with Crippen molar-refractivity contribution in [2.75, 3.05) is 33.4 Å². The van der Waals surface area contributed by atoms with Crippen molar-refractivity contribution in [1.82, 2.24) is 19.8 Å². The SMILES string of the molecule is COCC1(CNC(=O)Cn2c(=O)n(C)c3ccccc32)CCNCC1. The summed E-state index contributed by atoms with van der Waals surface area (Å²) >= 11 is 0. The second-order valence-electron chi connectivity index (χ2n) is 6.88. The Labute approximate surface area is 147 Å². The number of hydrogen-bond acceptors (Lipinski definition) is 4. The van der Waals surface area contributed by atoms with Gasteiger partial charge >= 0.3 is 5.69 Å². The summed E-state index contributed by atoms with van der Waals surface area (Å²) < 4.78 is 8.47. The van der Waals surface area contributed by atoms with Gasteiger partial charge in [-0.25, -0.2) is 4.79 Å². The molecular formula is C18H26N4O3. The fraction of sp³-hybridized carbons (Fsp3) is 0.556. The Morgan fingerprint density at radius 2 is 1.96 bits per heavy atom. The first kappa shape index (κ1) is 17.7. The van der Waals surface area contributed by atoms with E-state index in [4.69, 9.17) is 4.74 Å². The highest BCUT2D eigenvalue weighted by Gasteiger charge is 2.32. The fourth-order valence-electron chi connectivity index (χ4n) is 3.64. The summed E-state index contributed by atoms with van der Waals surface area (Å²) in [5.74, 6) is -0.146. The highest BCUT2D eigenvalue weighted by Crippen LogP contribution is 2.28. The van der Waals surface area contributed by atoms with E-state index in [1.807, 2.05) is 24.3 Å². The first-order valence-corrected chi connectivity index (χ1v) is 8.67. The number of para-hydroxylation sites is 2. The average molecular weight is 346 g/mol. The van der Waals surface area contributed by atoms with Crippen LogP contribution in [0.4, 0.5) is 0 Å². The molecule has 2 aromatic rings. The molecule has 2 N–H and O–H groups in total. The zero-order valence-electron chi connectivity index (χ0n) is 14.9. The molecule has 0 atom stereocenters. The van der Waals surface area contributed by atoms with E-state index in [0.29, 0.717) is 13.2 Å². The van der Waals surface area contributed by atoms with Gasteiger partial charge in [-0.1, -0.05) is 12.1 Å². The first-order valence-electron chi connectivity index (χ1n) is 8.67. The monoisotopic (exact) mass is 346 g/mol. The number of benzene rings is 1. The van der Waals surface area contributed by atoms with Gasteiger partial charge in [0.2, 0.25) is 5.91 Å². The predicted octanol–water partition coefficient (Wildman–Crippen LogP) is 0.472. The number of rotatable bonds is 6. The van der Waals surface area contributed by atoms with Gasteiger partial charge in [0, 0.05) is 26.1 Å². The zero-order valence-corrected chi connectivity index (χ0v) is 14.9. The van der Waals surface area contributed by atoms with Crippen LogP contribution in [0.15, 0.2) is 29.1 Å². The van der Waals surface area contributed by atoms with Crippen molar-refractivity contribution in [2.45, 2.75) is 19.4 Å². The summed E-state index contributed by atoms with van der Waals surface area (Å²) in [6, 6.07) is 7.51. The normalized spacial score (nSPS) is 16.9. The molecule has 7 heteroatoms. The Kier molecular flexibility index (Phi) is 5.24. The van der Waals surface area contributed by atoms with Crippen LogP contribution in [0.2, 0.25) is 0 Å².